The number of nitrogen functional groups attached to an aromatic ring is 1. The molecule has 0 saturated heterocycles. The molecule has 1 rings (SSSR count). The van der Waals surface area contributed by atoms with Crippen molar-refractivity contribution in [3.63, 3.8) is 0 Å². The zero-order valence-electron chi connectivity index (χ0n) is 9.76. The van der Waals surface area contributed by atoms with Gasteiger partial charge in [0.15, 0.2) is 0 Å². The Morgan fingerprint density at radius 3 is 2.82 bits per heavy atom. The molecule has 6 heteroatoms. The fraction of sp³-hybridized carbons (Fsp3) is 0.455. The minimum Gasteiger partial charge on any atom is -0.397 e. The number of aliphatic hydroxyl groups is 1. The van der Waals surface area contributed by atoms with E-state index < -0.39 is 5.60 Å². The standard InChI is InChI=1S/C11H16FIN2OS/c1-11(16,6-17-2)5-15-10-3-7(12)8(13)4-9(10)14/h3-4,15-16H,5-6,14H2,1-2H3. The van der Waals surface area contributed by atoms with E-state index in [4.69, 9.17) is 5.73 Å². The van der Waals surface area contributed by atoms with Crippen LogP contribution in [0.3, 0.4) is 0 Å². The Kier molecular flexibility index (Phi) is 5.33. The van der Waals surface area contributed by atoms with Crippen LogP contribution < -0.4 is 11.1 Å². The van der Waals surface area contributed by atoms with E-state index in [2.05, 4.69) is 5.32 Å². The first kappa shape index (κ1) is 14.8. The number of benzene rings is 1. The molecule has 0 spiro atoms. The first-order chi connectivity index (χ1) is 7.85. The van der Waals surface area contributed by atoms with Gasteiger partial charge in [-0.05, 0) is 41.8 Å². The highest BCUT2D eigenvalue weighted by molar-refractivity contribution is 14.1. The lowest BCUT2D eigenvalue weighted by Crippen LogP contribution is -2.36. The molecular weight excluding hydrogens is 354 g/mol. The Balaban J connectivity index is 2.73. The van der Waals surface area contributed by atoms with Crippen molar-refractivity contribution in [2.75, 3.05) is 29.6 Å². The molecule has 0 radical (unpaired) electrons. The maximum absolute atomic E-state index is 13.4. The highest BCUT2D eigenvalue weighted by Crippen LogP contribution is 2.24. The predicted molar refractivity (Wildman–Crippen MR) is 81.0 cm³/mol. The summed E-state index contributed by atoms with van der Waals surface area (Å²) < 4.78 is 13.8. The van der Waals surface area contributed by atoms with Gasteiger partial charge in [-0.1, -0.05) is 0 Å². The molecule has 1 aromatic rings. The van der Waals surface area contributed by atoms with Crippen LogP contribution >= 0.6 is 34.4 Å². The maximum Gasteiger partial charge on any atom is 0.138 e. The van der Waals surface area contributed by atoms with Gasteiger partial charge in [0.2, 0.25) is 0 Å². The SMILES string of the molecule is CSCC(C)(O)CNc1cc(F)c(I)cc1N. The van der Waals surface area contributed by atoms with Gasteiger partial charge in [-0.15, -0.1) is 0 Å². The molecule has 17 heavy (non-hydrogen) atoms. The van der Waals surface area contributed by atoms with Gasteiger partial charge < -0.3 is 16.2 Å². The number of rotatable bonds is 5. The van der Waals surface area contributed by atoms with Crippen LogP contribution in [-0.2, 0) is 0 Å². The summed E-state index contributed by atoms with van der Waals surface area (Å²) in [5.41, 5.74) is 5.93. The fourth-order valence-corrected chi connectivity index (χ4v) is 2.58. The molecule has 4 N–H and O–H groups in total. The van der Waals surface area contributed by atoms with Crippen molar-refractivity contribution in [3.05, 3.63) is 21.5 Å². The zero-order chi connectivity index (χ0) is 13.1. The second kappa shape index (κ2) is 6.10. The van der Waals surface area contributed by atoms with Crippen molar-refractivity contribution in [1.29, 1.82) is 0 Å². The number of anilines is 2. The lowest BCUT2D eigenvalue weighted by atomic mass is 10.1. The monoisotopic (exact) mass is 370 g/mol. The van der Waals surface area contributed by atoms with Crippen molar-refractivity contribution in [2.45, 2.75) is 12.5 Å². The van der Waals surface area contributed by atoms with Gasteiger partial charge in [0.05, 0.1) is 20.5 Å². The van der Waals surface area contributed by atoms with Gasteiger partial charge >= 0.3 is 0 Å². The van der Waals surface area contributed by atoms with Gasteiger partial charge in [-0.2, -0.15) is 11.8 Å². The Morgan fingerprint density at radius 1 is 1.59 bits per heavy atom. The van der Waals surface area contributed by atoms with Crippen molar-refractivity contribution in [3.8, 4) is 0 Å². The predicted octanol–water partition coefficient (Wildman–Crippen LogP) is 2.54. The average Bonchev–Trinajstić information content (AvgIpc) is 2.21. The largest absolute Gasteiger partial charge is 0.397 e. The molecular formula is C11H16FIN2OS. The summed E-state index contributed by atoms with van der Waals surface area (Å²) >= 11 is 3.45. The molecule has 0 bridgehead atoms. The van der Waals surface area contributed by atoms with Crippen LogP contribution in [0.25, 0.3) is 0 Å². The third-order valence-corrected chi connectivity index (χ3v) is 3.94. The van der Waals surface area contributed by atoms with E-state index in [9.17, 15) is 9.50 Å². The van der Waals surface area contributed by atoms with E-state index in [1.165, 1.54) is 6.07 Å². The second-order valence-corrected chi connectivity index (χ2v) is 6.17. The smallest absolute Gasteiger partial charge is 0.138 e. The summed E-state index contributed by atoms with van der Waals surface area (Å²) in [6, 6.07) is 2.92. The molecule has 96 valence electrons. The van der Waals surface area contributed by atoms with Crippen LogP contribution in [-0.4, -0.2) is 29.3 Å². The lowest BCUT2D eigenvalue weighted by Gasteiger charge is -2.23. The van der Waals surface area contributed by atoms with Crippen molar-refractivity contribution in [2.24, 2.45) is 0 Å². The summed E-state index contributed by atoms with van der Waals surface area (Å²) in [4.78, 5) is 0. The number of nitrogens with two attached hydrogens (primary N) is 1. The summed E-state index contributed by atoms with van der Waals surface area (Å²) in [6.07, 6.45) is 1.92. The van der Waals surface area contributed by atoms with E-state index in [1.54, 1.807) is 24.8 Å². The minimum absolute atomic E-state index is 0.313. The molecule has 0 aromatic heterocycles. The van der Waals surface area contributed by atoms with Crippen LogP contribution in [0.15, 0.2) is 12.1 Å². The molecule has 0 heterocycles. The van der Waals surface area contributed by atoms with E-state index in [0.717, 1.165) is 0 Å². The first-order valence-electron chi connectivity index (χ1n) is 5.05. The summed E-state index contributed by atoms with van der Waals surface area (Å²) in [6.45, 7) is 2.06. The fourth-order valence-electron chi connectivity index (χ4n) is 1.36. The van der Waals surface area contributed by atoms with Crippen molar-refractivity contribution in [1.82, 2.24) is 0 Å². The first-order valence-corrected chi connectivity index (χ1v) is 7.53. The number of thioether (sulfide) groups is 1. The molecule has 3 nitrogen and oxygen atoms in total. The molecule has 0 saturated carbocycles. The highest BCUT2D eigenvalue weighted by atomic mass is 127. The number of hydrogen-bond acceptors (Lipinski definition) is 4. The molecule has 0 fully saturated rings. The summed E-state index contributed by atoms with van der Waals surface area (Å²) in [5.74, 6) is 0.291. The van der Waals surface area contributed by atoms with Crippen LogP contribution in [0.4, 0.5) is 15.8 Å². The molecule has 1 atom stereocenters. The molecule has 1 aromatic carbocycles. The van der Waals surface area contributed by atoms with Crippen LogP contribution in [0.5, 0.6) is 0 Å². The maximum atomic E-state index is 13.4. The van der Waals surface area contributed by atoms with Gasteiger partial charge in [0.25, 0.3) is 0 Å². The van der Waals surface area contributed by atoms with Crippen LogP contribution in [0, 0.1) is 9.39 Å². The second-order valence-electron chi connectivity index (χ2n) is 4.14. The van der Waals surface area contributed by atoms with E-state index in [0.29, 0.717) is 27.2 Å². The Morgan fingerprint density at radius 2 is 2.24 bits per heavy atom. The van der Waals surface area contributed by atoms with Gasteiger partial charge in [-0.25, -0.2) is 4.39 Å². The van der Waals surface area contributed by atoms with Gasteiger partial charge in [-0.3, -0.25) is 0 Å². The highest BCUT2D eigenvalue weighted by Gasteiger charge is 2.19. The minimum atomic E-state index is -0.842. The number of halogens is 2. The van der Waals surface area contributed by atoms with Gasteiger partial charge in [0.1, 0.15) is 5.82 Å². The third-order valence-electron chi connectivity index (χ3n) is 2.21. The quantitative estimate of drug-likeness (QED) is 0.551. The number of hydrogen-bond donors (Lipinski definition) is 3. The summed E-state index contributed by atoms with van der Waals surface area (Å²) in [7, 11) is 0. The van der Waals surface area contributed by atoms with Gasteiger partial charge in [0, 0.05) is 18.4 Å². The lowest BCUT2D eigenvalue weighted by molar-refractivity contribution is 0.0997. The number of nitrogens with one attached hydrogen (secondary N) is 1. The van der Waals surface area contributed by atoms with Crippen molar-refractivity contribution < 1.29 is 9.50 Å². The Bertz CT molecular complexity index is 401. The molecule has 0 aliphatic heterocycles. The topological polar surface area (TPSA) is 58.3 Å². The molecule has 0 amide bonds. The molecule has 0 aliphatic carbocycles. The van der Waals surface area contributed by atoms with E-state index >= 15 is 0 Å². The summed E-state index contributed by atoms with van der Waals surface area (Å²) in [5, 5.41) is 12.9. The van der Waals surface area contributed by atoms with E-state index in [1.807, 2.05) is 28.8 Å². The normalized spacial score (nSPS) is 14.4. The zero-order valence-corrected chi connectivity index (χ0v) is 12.7. The van der Waals surface area contributed by atoms with Crippen molar-refractivity contribution >= 4 is 45.7 Å². The van der Waals surface area contributed by atoms with Crippen LogP contribution in [0.2, 0.25) is 0 Å². The van der Waals surface area contributed by atoms with E-state index in [-0.39, 0.29) is 5.82 Å². The average molecular weight is 370 g/mol. The third kappa shape index (κ3) is 4.51. The Hall–Kier alpha value is -0.210. The van der Waals surface area contributed by atoms with Crippen LogP contribution in [0.1, 0.15) is 6.92 Å². The molecule has 1 unspecified atom stereocenters. The molecule has 0 aliphatic rings. The Labute approximate surface area is 118 Å².